The van der Waals surface area contributed by atoms with E-state index in [1.54, 1.807) is 25.1 Å². The van der Waals surface area contributed by atoms with Crippen LogP contribution in [-0.2, 0) is 0 Å². The molecule has 0 radical (unpaired) electrons. The van der Waals surface area contributed by atoms with Crippen LogP contribution in [0.25, 0.3) is 0 Å². The van der Waals surface area contributed by atoms with E-state index < -0.39 is 35.6 Å². The average Bonchev–Trinajstić information content (AvgIpc) is 2.93. The van der Waals surface area contributed by atoms with Crippen molar-refractivity contribution in [2.45, 2.75) is 19.0 Å². The van der Waals surface area contributed by atoms with E-state index in [1.165, 1.54) is 24.4 Å². The number of nitrogens with zero attached hydrogens (tertiary/aromatic N) is 1. The van der Waals surface area contributed by atoms with Crippen LogP contribution in [0.4, 0.5) is 20.3 Å². The smallest absolute Gasteiger partial charge is 0.337 e. The fourth-order valence-corrected chi connectivity index (χ4v) is 3.90. The predicted octanol–water partition coefficient (Wildman–Crippen LogP) is 5.36. The molecule has 0 spiro atoms. The number of rotatable bonds is 10. The molecule has 2 atom stereocenters. The van der Waals surface area contributed by atoms with Gasteiger partial charge in [-0.25, -0.2) is 18.6 Å². The first-order valence-corrected chi connectivity index (χ1v) is 12.0. The lowest BCUT2D eigenvalue weighted by atomic mass is 10.1. The second-order valence-corrected chi connectivity index (χ2v) is 8.74. The standard InChI is InChI=1S/C29H26F2N4O4/c1-17(19-9-11-23(30)24(31)14-19)34-28(36)21-8-5-13-33-27(21)35-26(18-6-3-2-4-7-18)16-39-20-10-12-25(32)22(15-20)29(37)38/h2-15,17,26H,16,32H2,1H3,(H,33,35)(H,34,36)(H,37,38)/t17-,26+/m0/s1. The number of pyridine rings is 1. The number of benzene rings is 3. The van der Waals surface area contributed by atoms with Gasteiger partial charge in [0.15, 0.2) is 11.6 Å². The van der Waals surface area contributed by atoms with E-state index in [2.05, 4.69) is 15.6 Å². The Hall–Kier alpha value is -4.99. The Morgan fingerprint density at radius 3 is 2.44 bits per heavy atom. The van der Waals surface area contributed by atoms with Gasteiger partial charge in [-0.05, 0) is 60.5 Å². The van der Waals surface area contributed by atoms with Crippen molar-refractivity contribution in [1.29, 1.82) is 0 Å². The maximum atomic E-state index is 13.7. The van der Waals surface area contributed by atoms with E-state index in [1.807, 2.05) is 30.3 Å². The maximum Gasteiger partial charge on any atom is 0.337 e. The lowest BCUT2D eigenvalue weighted by Crippen LogP contribution is -2.29. The number of carbonyl (C=O) groups is 2. The largest absolute Gasteiger partial charge is 0.491 e. The van der Waals surface area contributed by atoms with Crippen molar-refractivity contribution in [3.63, 3.8) is 0 Å². The number of anilines is 2. The summed E-state index contributed by atoms with van der Waals surface area (Å²) in [6.45, 7) is 1.72. The number of carboxylic acid groups (broad SMARTS) is 1. The zero-order valence-corrected chi connectivity index (χ0v) is 20.9. The Bertz CT molecular complexity index is 1480. The van der Waals surface area contributed by atoms with Crippen LogP contribution in [-0.4, -0.2) is 28.6 Å². The number of nitrogen functional groups attached to an aromatic ring is 1. The Morgan fingerprint density at radius 2 is 1.72 bits per heavy atom. The number of hydrogen-bond acceptors (Lipinski definition) is 6. The summed E-state index contributed by atoms with van der Waals surface area (Å²) in [4.78, 5) is 29.0. The summed E-state index contributed by atoms with van der Waals surface area (Å²) < 4.78 is 32.9. The van der Waals surface area contributed by atoms with Gasteiger partial charge in [0.25, 0.3) is 5.91 Å². The molecule has 1 aromatic heterocycles. The van der Waals surface area contributed by atoms with Crippen molar-refractivity contribution >= 4 is 23.4 Å². The summed E-state index contributed by atoms with van der Waals surface area (Å²) in [5.74, 6) is -3.03. The van der Waals surface area contributed by atoms with Gasteiger partial charge in [0.1, 0.15) is 18.2 Å². The Balaban J connectivity index is 1.55. The minimum atomic E-state index is -1.17. The van der Waals surface area contributed by atoms with E-state index in [9.17, 15) is 23.5 Å². The third-order valence-electron chi connectivity index (χ3n) is 6.03. The third-order valence-corrected chi connectivity index (χ3v) is 6.03. The molecule has 0 unspecified atom stereocenters. The summed E-state index contributed by atoms with van der Waals surface area (Å²) >= 11 is 0. The number of halogens is 2. The van der Waals surface area contributed by atoms with Crippen molar-refractivity contribution in [2.75, 3.05) is 17.7 Å². The second-order valence-electron chi connectivity index (χ2n) is 8.74. The van der Waals surface area contributed by atoms with Crippen LogP contribution in [0.1, 0.15) is 50.9 Å². The molecule has 1 amide bonds. The molecule has 8 nitrogen and oxygen atoms in total. The number of aromatic nitrogens is 1. The van der Waals surface area contributed by atoms with Gasteiger partial charge in [0.05, 0.1) is 23.2 Å². The van der Waals surface area contributed by atoms with Gasteiger partial charge < -0.3 is 26.2 Å². The highest BCUT2D eigenvalue weighted by Crippen LogP contribution is 2.25. The molecule has 0 fully saturated rings. The minimum absolute atomic E-state index is 0.0654. The molecule has 0 saturated heterocycles. The first kappa shape index (κ1) is 27.1. The SMILES string of the molecule is C[C@H](NC(=O)c1cccnc1N[C@H](COc1ccc(N)c(C(=O)O)c1)c1ccccc1)c1ccc(F)c(F)c1. The molecular formula is C29H26F2N4O4. The number of nitrogens with one attached hydrogen (secondary N) is 2. The van der Waals surface area contributed by atoms with Crippen LogP contribution >= 0.6 is 0 Å². The fourth-order valence-electron chi connectivity index (χ4n) is 3.90. The van der Waals surface area contributed by atoms with E-state index in [-0.39, 0.29) is 29.2 Å². The molecule has 200 valence electrons. The summed E-state index contributed by atoms with van der Waals surface area (Å²) in [5, 5.41) is 15.4. The minimum Gasteiger partial charge on any atom is -0.491 e. The first-order chi connectivity index (χ1) is 18.7. The quantitative estimate of drug-likeness (QED) is 0.203. The third kappa shape index (κ3) is 6.67. The van der Waals surface area contributed by atoms with Gasteiger partial charge in [0.2, 0.25) is 0 Å². The van der Waals surface area contributed by atoms with Gasteiger partial charge in [-0.15, -0.1) is 0 Å². The van der Waals surface area contributed by atoms with Gasteiger partial charge in [-0.1, -0.05) is 36.4 Å². The number of nitrogens with two attached hydrogens (primary N) is 1. The number of aromatic carboxylic acids is 1. The normalized spacial score (nSPS) is 12.3. The molecule has 0 aliphatic carbocycles. The van der Waals surface area contributed by atoms with Crippen molar-refractivity contribution in [3.8, 4) is 5.75 Å². The zero-order valence-electron chi connectivity index (χ0n) is 20.9. The Kier molecular flexibility index (Phi) is 8.35. The first-order valence-electron chi connectivity index (χ1n) is 12.0. The summed E-state index contributed by atoms with van der Waals surface area (Å²) in [5.41, 5.74) is 7.25. The molecule has 0 saturated carbocycles. The Labute approximate surface area is 223 Å². The van der Waals surface area contributed by atoms with Crippen molar-refractivity contribution < 1.29 is 28.2 Å². The molecule has 39 heavy (non-hydrogen) atoms. The van der Waals surface area contributed by atoms with Crippen molar-refractivity contribution in [3.05, 3.63) is 119 Å². The van der Waals surface area contributed by atoms with E-state index in [0.29, 0.717) is 11.3 Å². The molecule has 10 heteroatoms. The molecule has 0 aliphatic rings. The Morgan fingerprint density at radius 1 is 0.949 bits per heavy atom. The van der Waals surface area contributed by atoms with E-state index in [4.69, 9.17) is 10.5 Å². The molecule has 3 aromatic carbocycles. The number of hydrogen-bond donors (Lipinski definition) is 4. The molecule has 4 aromatic rings. The maximum absolute atomic E-state index is 13.7. The van der Waals surface area contributed by atoms with Gasteiger partial charge in [-0.2, -0.15) is 0 Å². The topological polar surface area (TPSA) is 127 Å². The molecular weight excluding hydrogens is 506 g/mol. The van der Waals surface area contributed by atoms with Gasteiger partial charge in [0, 0.05) is 11.9 Å². The van der Waals surface area contributed by atoms with Gasteiger partial charge in [-0.3, -0.25) is 4.79 Å². The summed E-state index contributed by atoms with van der Waals surface area (Å²) in [6, 6.07) is 19.3. The second kappa shape index (κ2) is 12.0. The zero-order chi connectivity index (χ0) is 27.9. The van der Waals surface area contributed by atoms with E-state index >= 15 is 0 Å². The number of carbonyl (C=O) groups excluding carboxylic acids is 1. The van der Waals surface area contributed by atoms with Crippen LogP contribution in [0.15, 0.2) is 85.1 Å². The summed E-state index contributed by atoms with van der Waals surface area (Å²) in [6.07, 6.45) is 1.53. The van der Waals surface area contributed by atoms with Crippen LogP contribution < -0.4 is 21.1 Å². The lowest BCUT2D eigenvalue weighted by Gasteiger charge is -2.22. The number of carboxylic acids is 1. The fraction of sp³-hybridized carbons (Fsp3) is 0.138. The highest BCUT2D eigenvalue weighted by Gasteiger charge is 2.21. The van der Waals surface area contributed by atoms with E-state index in [0.717, 1.165) is 17.7 Å². The van der Waals surface area contributed by atoms with Crippen LogP contribution in [0.2, 0.25) is 0 Å². The number of amides is 1. The molecule has 4 rings (SSSR count). The summed E-state index contributed by atoms with van der Waals surface area (Å²) in [7, 11) is 0. The molecule has 5 N–H and O–H groups in total. The van der Waals surface area contributed by atoms with Crippen LogP contribution in [0, 0.1) is 11.6 Å². The van der Waals surface area contributed by atoms with Crippen LogP contribution in [0.3, 0.4) is 0 Å². The highest BCUT2D eigenvalue weighted by atomic mass is 19.2. The van der Waals surface area contributed by atoms with Crippen molar-refractivity contribution in [2.24, 2.45) is 0 Å². The molecule has 0 aliphatic heterocycles. The lowest BCUT2D eigenvalue weighted by molar-refractivity contribution is 0.0697. The number of ether oxygens (including phenoxy) is 1. The van der Waals surface area contributed by atoms with Gasteiger partial charge >= 0.3 is 5.97 Å². The highest BCUT2D eigenvalue weighted by molar-refractivity contribution is 5.99. The van der Waals surface area contributed by atoms with Crippen LogP contribution in [0.5, 0.6) is 5.75 Å². The average molecular weight is 533 g/mol. The monoisotopic (exact) mass is 532 g/mol. The predicted molar refractivity (Wildman–Crippen MR) is 143 cm³/mol. The molecule has 1 heterocycles. The van der Waals surface area contributed by atoms with Crippen molar-refractivity contribution in [1.82, 2.24) is 10.3 Å². The molecule has 0 bridgehead atoms.